The maximum Gasteiger partial charge on any atom is 0.281 e. The normalized spacial score (nSPS) is 11.6. The van der Waals surface area contributed by atoms with Gasteiger partial charge >= 0.3 is 0 Å². The van der Waals surface area contributed by atoms with Gasteiger partial charge < -0.3 is 0 Å². The van der Waals surface area contributed by atoms with E-state index < -0.39 is 0 Å². The van der Waals surface area contributed by atoms with Crippen LogP contribution >= 0.6 is 11.8 Å². The molecule has 0 amide bonds. The third-order valence-corrected chi connectivity index (χ3v) is 2.48. The van der Waals surface area contributed by atoms with Crippen molar-refractivity contribution in [3.05, 3.63) is 22.6 Å². The molecule has 0 aromatic carbocycles. The molecule has 0 radical (unpaired) electrons. The van der Waals surface area contributed by atoms with E-state index in [1.807, 2.05) is 13.2 Å². The summed E-state index contributed by atoms with van der Waals surface area (Å²) in [7, 11) is 0. The highest BCUT2D eigenvalue weighted by Crippen LogP contribution is 2.10. The summed E-state index contributed by atoms with van der Waals surface area (Å²) >= 11 is 1.44. The van der Waals surface area contributed by atoms with Crippen LogP contribution in [-0.4, -0.2) is 26.0 Å². The third kappa shape index (κ3) is 1.68. The predicted molar refractivity (Wildman–Crippen MR) is 60.9 cm³/mol. The number of hydrogen-bond acceptors (Lipinski definition) is 4. The van der Waals surface area contributed by atoms with E-state index in [0.29, 0.717) is 16.2 Å². The topological polar surface area (TPSA) is 63.6 Å². The van der Waals surface area contributed by atoms with Crippen molar-refractivity contribution in [2.75, 3.05) is 6.26 Å². The summed E-state index contributed by atoms with van der Waals surface area (Å²) in [5.41, 5.74) is 0.438. The molecule has 78 valence electrons. The fourth-order valence-corrected chi connectivity index (χ4v) is 1.60. The number of fused-ring (bicyclic) bond motifs is 1. The number of H-pyrrole nitrogens is 1. The smallest absolute Gasteiger partial charge is 0.274 e. The van der Waals surface area contributed by atoms with Crippen LogP contribution < -0.4 is 5.56 Å². The zero-order valence-electron chi connectivity index (χ0n) is 8.39. The molecule has 5 nitrogen and oxygen atoms in total. The number of rotatable bonds is 2. The van der Waals surface area contributed by atoms with Crippen LogP contribution in [0.5, 0.6) is 0 Å². The first-order valence-corrected chi connectivity index (χ1v) is 5.63. The van der Waals surface area contributed by atoms with Crippen LogP contribution in [0.3, 0.4) is 0 Å². The number of hydrogen-bond donors (Lipinski definition) is 1. The van der Waals surface area contributed by atoms with Gasteiger partial charge in [0.1, 0.15) is 5.39 Å². The van der Waals surface area contributed by atoms with E-state index >= 15 is 0 Å². The number of aromatic nitrogens is 4. The van der Waals surface area contributed by atoms with E-state index in [2.05, 4.69) is 15.1 Å². The van der Waals surface area contributed by atoms with Crippen LogP contribution in [0, 0.1) is 0 Å². The van der Waals surface area contributed by atoms with Gasteiger partial charge in [-0.1, -0.05) is 17.8 Å². The Hall–Kier alpha value is -1.56. The number of nitrogens with zero attached hydrogens (tertiary/aromatic N) is 3. The Bertz CT molecular complexity index is 569. The molecule has 0 saturated carbocycles. The molecule has 0 aliphatic carbocycles. The third-order valence-electron chi connectivity index (χ3n) is 1.92. The first-order chi connectivity index (χ1) is 7.26. The largest absolute Gasteiger partial charge is 0.281 e. The van der Waals surface area contributed by atoms with Crippen molar-refractivity contribution in [3.63, 3.8) is 0 Å². The number of thioether (sulfide) groups is 1. The fourth-order valence-electron chi connectivity index (χ4n) is 1.25. The van der Waals surface area contributed by atoms with E-state index in [-0.39, 0.29) is 5.56 Å². The second-order valence-electron chi connectivity index (χ2n) is 2.89. The first kappa shape index (κ1) is 9.97. The molecule has 2 rings (SSSR count). The molecular weight excluding hydrogens is 212 g/mol. The highest BCUT2D eigenvalue weighted by atomic mass is 32.2. The Balaban J connectivity index is 2.71. The van der Waals surface area contributed by atoms with Crippen molar-refractivity contribution in [2.24, 2.45) is 0 Å². The molecule has 0 spiro atoms. The molecule has 2 aromatic heterocycles. The van der Waals surface area contributed by atoms with Crippen LogP contribution in [-0.2, 0) is 0 Å². The van der Waals surface area contributed by atoms with Crippen molar-refractivity contribution in [1.82, 2.24) is 19.7 Å². The molecule has 1 N–H and O–H groups in total. The van der Waals surface area contributed by atoms with Crippen molar-refractivity contribution < 1.29 is 0 Å². The maximum atomic E-state index is 11.7. The van der Waals surface area contributed by atoms with Gasteiger partial charge in [-0.15, -0.1) is 0 Å². The van der Waals surface area contributed by atoms with Gasteiger partial charge in [-0.05, 0) is 13.2 Å². The van der Waals surface area contributed by atoms with Crippen LogP contribution in [0.4, 0.5) is 0 Å². The summed E-state index contributed by atoms with van der Waals surface area (Å²) < 4.78 is 1.39. The molecule has 0 fully saturated rings. The minimum atomic E-state index is -0.129. The number of allylic oxidation sites excluding steroid dienone is 1. The fraction of sp³-hybridized carbons (Fsp3) is 0.222. The molecule has 0 saturated heterocycles. The Morgan fingerprint density at radius 2 is 2.40 bits per heavy atom. The summed E-state index contributed by atoms with van der Waals surface area (Å²) in [6.45, 7) is 1.84. The van der Waals surface area contributed by atoms with Crippen molar-refractivity contribution in [2.45, 2.75) is 12.1 Å². The molecule has 6 heteroatoms. The zero-order chi connectivity index (χ0) is 10.8. The van der Waals surface area contributed by atoms with Crippen molar-refractivity contribution in [3.8, 4) is 0 Å². The summed E-state index contributed by atoms with van der Waals surface area (Å²) in [6.07, 6.45) is 6.87. The summed E-state index contributed by atoms with van der Waals surface area (Å²) in [4.78, 5) is 20.0. The molecule has 0 unspecified atom stereocenters. The van der Waals surface area contributed by atoms with Crippen LogP contribution in [0.2, 0.25) is 0 Å². The van der Waals surface area contributed by atoms with Gasteiger partial charge in [0.25, 0.3) is 5.56 Å². The highest BCUT2D eigenvalue weighted by Gasteiger charge is 2.07. The Labute approximate surface area is 90.2 Å². The highest BCUT2D eigenvalue weighted by molar-refractivity contribution is 7.98. The van der Waals surface area contributed by atoms with Crippen LogP contribution in [0.15, 0.2) is 22.2 Å². The van der Waals surface area contributed by atoms with Crippen LogP contribution in [0.1, 0.15) is 6.92 Å². The lowest BCUT2D eigenvalue weighted by atomic mass is 10.4. The van der Waals surface area contributed by atoms with Crippen LogP contribution in [0.25, 0.3) is 17.2 Å². The van der Waals surface area contributed by atoms with E-state index in [4.69, 9.17) is 0 Å². The lowest BCUT2D eigenvalue weighted by Gasteiger charge is -1.91. The quantitative estimate of drug-likeness (QED) is 0.615. The summed E-state index contributed by atoms with van der Waals surface area (Å²) in [5.74, 6) is 0. The molecule has 0 atom stereocenters. The lowest BCUT2D eigenvalue weighted by Crippen LogP contribution is -2.10. The van der Waals surface area contributed by atoms with Gasteiger partial charge in [-0.25, -0.2) is 14.6 Å². The number of nitrogens with one attached hydrogen (secondary N) is 1. The SMILES string of the molecule is CC=Cn1[nH]c2nc(SC)ncc2c1=O. The van der Waals surface area contributed by atoms with E-state index in [0.717, 1.165) is 0 Å². The van der Waals surface area contributed by atoms with Crippen molar-refractivity contribution in [1.29, 1.82) is 0 Å². The molecule has 0 aliphatic rings. The lowest BCUT2D eigenvalue weighted by molar-refractivity contribution is 0.900. The predicted octanol–water partition coefficient (Wildman–Crippen LogP) is 1.33. The first-order valence-electron chi connectivity index (χ1n) is 4.40. The average Bonchev–Trinajstić information content (AvgIpc) is 2.56. The minimum Gasteiger partial charge on any atom is -0.274 e. The monoisotopic (exact) mass is 222 g/mol. The average molecular weight is 222 g/mol. The Kier molecular flexibility index (Phi) is 2.59. The van der Waals surface area contributed by atoms with Crippen molar-refractivity contribution >= 4 is 29.0 Å². The molecule has 15 heavy (non-hydrogen) atoms. The minimum absolute atomic E-state index is 0.129. The van der Waals surface area contributed by atoms with Gasteiger partial charge in [-0.2, -0.15) is 0 Å². The molecule has 0 bridgehead atoms. The molecule has 2 aromatic rings. The summed E-state index contributed by atoms with van der Waals surface area (Å²) in [6, 6.07) is 0. The second kappa shape index (κ2) is 3.90. The zero-order valence-corrected chi connectivity index (χ0v) is 9.21. The Morgan fingerprint density at radius 1 is 1.60 bits per heavy atom. The molecule has 0 aliphatic heterocycles. The van der Waals surface area contributed by atoms with Gasteiger partial charge in [0, 0.05) is 12.4 Å². The van der Waals surface area contributed by atoms with Gasteiger partial charge in [0.05, 0.1) is 0 Å². The molecular formula is C9H10N4OS. The van der Waals surface area contributed by atoms with E-state index in [1.165, 1.54) is 16.4 Å². The second-order valence-corrected chi connectivity index (χ2v) is 3.66. The standard InChI is InChI=1S/C9H10N4OS/c1-3-4-13-8(14)6-5-10-9(15-2)11-7(6)12-13/h3-5H,1-2H3,(H,10,11,12). The van der Waals surface area contributed by atoms with Gasteiger partial charge in [0.15, 0.2) is 10.8 Å². The van der Waals surface area contributed by atoms with Gasteiger partial charge in [-0.3, -0.25) is 9.89 Å². The molecule has 2 heterocycles. The van der Waals surface area contributed by atoms with Gasteiger partial charge in [0.2, 0.25) is 0 Å². The summed E-state index contributed by atoms with van der Waals surface area (Å²) in [5, 5.41) is 4.05. The van der Waals surface area contributed by atoms with E-state index in [9.17, 15) is 4.79 Å². The number of aromatic amines is 1. The Morgan fingerprint density at radius 3 is 3.07 bits per heavy atom. The van der Waals surface area contributed by atoms with E-state index in [1.54, 1.807) is 18.5 Å². The maximum absolute atomic E-state index is 11.7.